The molecule has 0 aromatic heterocycles. The number of hydrogen-bond acceptors (Lipinski definition) is 5. The smallest absolute Gasteiger partial charge is 0.292 e. The predicted octanol–water partition coefficient (Wildman–Crippen LogP) is 0.645. The van der Waals surface area contributed by atoms with Crippen LogP contribution in [0, 0.1) is 10.1 Å². The Labute approximate surface area is 121 Å². The van der Waals surface area contributed by atoms with Gasteiger partial charge >= 0.3 is 0 Å². The third-order valence-electron chi connectivity index (χ3n) is 3.31. The van der Waals surface area contributed by atoms with Crippen LogP contribution in [0.3, 0.4) is 0 Å². The van der Waals surface area contributed by atoms with E-state index in [1.54, 1.807) is 0 Å². The first-order chi connectivity index (χ1) is 10.0. The van der Waals surface area contributed by atoms with Crippen molar-refractivity contribution in [3.8, 4) is 0 Å². The van der Waals surface area contributed by atoms with Gasteiger partial charge in [-0.1, -0.05) is 0 Å². The molecule has 1 aromatic carbocycles. The average Bonchev–Trinajstić information content (AvgIpc) is 2.89. The molecule has 1 saturated heterocycles. The van der Waals surface area contributed by atoms with Crippen LogP contribution in [0.2, 0.25) is 0 Å². The van der Waals surface area contributed by atoms with Crippen molar-refractivity contribution in [2.75, 3.05) is 18.9 Å². The first-order valence-electron chi connectivity index (χ1n) is 6.55. The molecule has 0 aliphatic carbocycles. The van der Waals surface area contributed by atoms with Crippen LogP contribution in [0.1, 0.15) is 23.2 Å². The fourth-order valence-corrected chi connectivity index (χ4v) is 2.19. The lowest BCUT2D eigenvalue weighted by Crippen LogP contribution is -2.32. The third-order valence-corrected chi connectivity index (χ3v) is 3.31. The van der Waals surface area contributed by atoms with Gasteiger partial charge in [0.15, 0.2) is 0 Å². The highest BCUT2D eigenvalue weighted by molar-refractivity contribution is 5.95. The highest BCUT2D eigenvalue weighted by atomic mass is 16.6. The molecule has 2 amide bonds. The zero-order valence-corrected chi connectivity index (χ0v) is 11.5. The van der Waals surface area contributed by atoms with E-state index in [4.69, 9.17) is 0 Å². The summed E-state index contributed by atoms with van der Waals surface area (Å²) >= 11 is 0. The van der Waals surface area contributed by atoms with Gasteiger partial charge in [-0.15, -0.1) is 0 Å². The second-order valence-corrected chi connectivity index (χ2v) is 4.75. The lowest BCUT2D eigenvalue weighted by Gasteiger charge is -2.13. The van der Waals surface area contributed by atoms with Gasteiger partial charge in [-0.25, -0.2) is 0 Å². The molecule has 1 unspecified atom stereocenters. The Kier molecular flexibility index (Phi) is 4.36. The predicted molar refractivity (Wildman–Crippen MR) is 76.1 cm³/mol. The number of nitro groups is 1. The minimum Gasteiger partial charge on any atom is -0.377 e. The quantitative estimate of drug-likeness (QED) is 0.544. The molecule has 2 rings (SSSR count). The summed E-state index contributed by atoms with van der Waals surface area (Å²) in [5.41, 5.74) is 0.496. The monoisotopic (exact) mass is 292 g/mol. The van der Waals surface area contributed by atoms with Crippen molar-refractivity contribution >= 4 is 23.2 Å². The Hall–Kier alpha value is -2.64. The molecule has 21 heavy (non-hydrogen) atoms. The summed E-state index contributed by atoms with van der Waals surface area (Å²) in [6, 6.07) is 4.08. The van der Waals surface area contributed by atoms with E-state index in [2.05, 4.69) is 16.0 Å². The van der Waals surface area contributed by atoms with Crippen LogP contribution < -0.4 is 16.0 Å². The topological polar surface area (TPSA) is 113 Å². The lowest BCUT2D eigenvalue weighted by atomic mass is 10.1. The highest BCUT2D eigenvalue weighted by Crippen LogP contribution is 2.25. The molecule has 1 fully saturated rings. The zero-order chi connectivity index (χ0) is 15.4. The number of nitrogens with zero attached hydrogens (tertiary/aromatic N) is 1. The van der Waals surface area contributed by atoms with Gasteiger partial charge in [0.1, 0.15) is 5.69 Å². The van der Waals surface area contributed by atoms with E-state index in [1.165, 1.54) is 25.2 Å². The Morgan fingerprint density at radius 2 is 2.29 bits per heavy atom. The van der Waals surface area contributed by atoms with Crippen molar-refractivity contribution in [3.05, 3.63) is 33.9 Å². The molecule has 0 bridgehead atoms. The van der Waals surface area contributed by atoms with Gasteiger partial charge in [-0.3, -0.25) is 19.7 Å². The van der Waals surface area contributed by atoms with Crippen molar-refractivity contribution in [2.45, 2.75) is 18.9 Å². The summed E-state index contributed by atoms with van der Waals surface area (Å²) in [6.45, 7) is 0.379. The molecule has 1 aliphatic rings. The van der Waals surface area contributed by atoms with Crippen LogP contribution in [-0.2, 0) is 4.79 Å². The Balaban J connectivity index is 2.16. The molecule has 1 atom stereocenters. The van der Waals surface area contributed by atoms with Crippen LogP contribution in [-0.4, -0.2) is 36.4 Å². The van der Waals surface area contributed by atoms with Crippen LogP contribution >= 0.6 is 0 Å². The number of amides is 2. The first-order valence-corrected chi connectivity index (χ1v) is 6.55. The van der Waals surface area contributed by atoms with Gasteiger partial charge in [0.05, 0.1) is 4.92 Å². The normalized spacial score (nSPS) is 17.2. The Morgan fingerprint density at radius 3 is 2.86 bits per heavy atom. The highest BCUT2D eigenvalue weighted by Gasteiger charge is 2.22. The van der Waals surface area contributed by atoms with Gasteiger partial charge in [-0.05, 0) is 18.6 Å². The standard InChI is InChI=1S/C13H16N4O4/c1-14-13(19)8-2-4-11(17(20)21)10(6-8)15-7-9-3-5-12(18)16-9/h2,4,6,9,15H,3,5,7H2,1H3,(H,14,19)(H,16,18). The molecular formula is C13H16N4O4. The number of nitro benzene ring substituents is 1. The number of benzene rings is 1. The minimum atomic E-state index is -0.511. The molecular weight excluding hydrogens is 276 g/mol. The van der Waals surface area contributed by atoms with E-state index >= 15 is 0 Å². The molecule has 1 heterocycles. The van der Waals surface area contributed by atoms with Crippen molar-refractivity contribution in [3.63, 3.8) is 0 Å². The maximum atomic E-state index is 11.6. The second-order valence-electron chi connectivity index (χ2n) is 4.75. The molecule has 1 aromatic rings. The molecule has 112 valence electrons. The maximum absolute atomic E-state index is 11.6. The van der Waals surface area contributed by atoms with E-state index < -0.39 is 4.92 Å². The molecule has 3 N–H and O–H groups in total. The number of carbonyl (C=O) groups is 2. The van der Waals surface area contributed by atoms with E-state index in [0.717, 1.165) is 0 Å². The third kappa shape index (κ3) is 3.47. The molecule has 8 heteroatoms. The number of rotatable bonds is 5. The van der Waals surface area contributed by atoms with E-state index in [0.29, 0.717) is 24.9 Å². The SMILES string of the molecule is CNC(=O)c1ccc([N+](=O)[O-])c(NCC2CCC(=O)N2)c1. The fraction of sp³-hybridized carbons (Fsp3) is 0.385. The molecule has 1 aliphatic heterocycles. The number of hydrogen-bond donors (Lipinski definition) is 3. The molecule has 0 spiro atoms. The van der Waals surface area contributed by atoms with Crippen LogP contribution in [0.5, 0.6) is 0 Å². The van der Waals surface area contributed by atoms with Gasteiger partial charge in [0.2, 0.25) is 5.91 Å². The molecule has 8 nitrogen and oxygen atoms in total. The van der Waals surface area contributed by atoms with Crippen molar-refractivity contribution < 1.29 is 14.5 Å². The largest absolute Gasteiger partial charge is 0.377 e. The second kappa shape index (κ2) is 6.21. The maximum Gasteiger partial charge on any atom is 0.292 e. The van der Waals surface area contributed by atoms with E-state index in [1.807, 2.05) is 0 Å². The van der Waals surface area contributed by atoms with Crippen LogP contribution in [0.15, 0.2) is 18.2 Å². The Bertz CT molecular complexity index is 588. The van der Waals surface area contributed by atoms with E-state index in [9.17, 15) is 19.7 Å². The summed E-state index contributed by atoms with van der Waals surface area (Å²) in [5, 5.41) is 19.2. The fourth-order valence-electron chi connectivity index (χ4n) is 2.19. The summed E-state index contributed by atoms with van der Waals surface area (Å²) in [5.74, 6) is -0.336. The van der Waals surface area contributed by atoms with Crippen LogP contribution in [0.4, 0.5) is 11.4 Å². The minimum absolute atomic E-state index is 0.0181. The number of carbonyl (C=O) groups excluding carboxylic acids is 2. The van der Waals surface area contributed by atoms with Crippen LogP contribution in [0.25, 0.3) is 0 Å². The summed E-state index contributed by atoms with van der Waals surface area (Å²) < 4.78 is 0. The van der Waals surface area contributed by atoms with Gasteiger partial charge < -0.3 is 16.0 Å². The van der Waals surface area contributed by atoms with Gasteiger partial charge in [-0.2, -0.15) is 0 Å². The zero-order valence-electron chi connectivity index (χ0n) is 11.5. The summed E-state index contributed by atoms with van der Waals surface area (Å²) in [7, 11) is 1.49. The van der Waals surface area contributed by atoms with E-state index in [-0.39, 0.29) is 29.2 Å². The lowest BCUT2D eigenvalue weighted by molar-refractivity contribution is -0.384. The summed E-state index contributed by atoms with van der Waals surface area (Å²) in [6.07, 6.45) is 1.15. The van der Waals surface area contributed by atoms with Crippen molar-refractivity contribution in [1.82, 2.24) is 10.6 Å². The van der Waals surface area contributed by atoms with Crippen molar-refractivity contribution in [2.24, 2.45) is 0 Å². The molecule has 0 saturated carbocycles. The average molecular weight is 292 g/mol. The summed E-state index contributed by atoms with van der Waals surface area (Å²) in [4.78, 5) is 33.2. The first kappa shape index (κ1) is 14.8. The van der Waals surface area contributed by atoms with Gasteiger partial charge in [0, 0.05) is 37.7 Å². The number of anilines is 1. The van der Waals surface area contributed by atoms with Crippen molar-refractivity contribution in [1.29, 1.82) is 0 Å². The Morgan fingerprint density at radius 1 is 1.52 bits per heavy atom. The molecule has 0 radical (unpaired) electrons. The number of nitrogens with one attached hydrogen (secondary N) is 3. The van der Waals surface area contributed by atoms with Gasteiger partial charge in [0.25, 0.3) is 11.6 Å².